The van der Waals surface area contributed by atoms with Gasteiger partial charge >= 0.3 is 6.03 Å². The standard InChI is InChI=1S/C12H20N4O/c1-3-10-7-11(15-14-10)13-12(17)16-6-4-5-9(2)8-16/h7,9H,3-6,8H2,1-2H3,(H2,13,14,15,17). The van der Waals surface area contributed by atoms with Crippen molar-refractivity contribution in [2.45, 2.75) is 33.1 Å². The van der Waals surface area contributed by atoms with Crippen LogP contribution in [0.3, 0.4) is 0 Å². The van der Waals surface area contributed by atoms with Crippen LogP contribution in [0.25, 0.3) is 0 Å². The zero-order chi connectivity index (χ0) is 12.3. The van der Waals surface area contributed by atoms with Gasteiger partial charge in [-0.2, -0.15) is 5.10 Å². The Morgan fingerprint density at radius 1 is 1.71 bits per heavy atom. The van der Waals surface area contributed by atoms with Crippen molar-refractivity contribution in [1.82, 2.24) is 15.1 Å². The molecule has 1 unspecified atom stereocenters. The Hall–Kier alpha value is -1.52. The molecular formula is C12H20N4O. The minimum atomic E-state index is -0.0364. The van der Waals surface area contributed by atoms with Crippen LogP contribution in [0.2, 0.25) is 0 Å². The van der Waals surface area contributed by atoms with Crippen LogP contribution in [0.4, 0.5) is 10.6 Å². The summed E-state index contributed by atoms with van der Waals surface area (Å²) in [6.07, 6.45) is 3.20. The summed E-state index contributed by atoms with van der Waals surface area (Å²) in [6.45, 7) is 5.92. The zero-order valence-electron chi connectivity index (χ0n) is 10.5. The number of H-pyrrole nitrogens is 1. The summed E-state index contributed by atoms with van der Waals surface area (Å²) in [6, 6.07) is 1.84. The summed E-state index contributed by atoms with van der Waals surface area (Å²) < 4.78 is 0. The number of piperidine rings is 1. The summed E-state index contributed by atoms with van der Waals surface area (Å²) >= 11 is 0. The van der Waals surface area contributed by atoms with Crippen LogP contribution in [0.15, 0.2) is 6.07 Å². The maximum atomic E-state index is 12.0. The first-order chi connectivity index (χ1) is 8.19. The summed E-state index contributed by atoms with van der Waals surface area (Å²) in [4.78, 5) is 13.8. The van der Waals surface area contributed by atoms with Crippen molar-refractivity contribution in [2.75, 3.05) is 18.4 Å². The first-order valence-electron chi connectivity index (χ1n) is 6.29. The largest absolute Gasteiger partial charge is 0.324 e. The number of urea groups is 1. The van der Waals surface area contributed by atoms with Crippen molar-refractivity contribution in [1.29, 1.82) is 0 Å². The summed E-state index contributed by atoms with van der Waals surface area (Å²) in [7, 11) is 0. The van der Waals surface area contributed by atoms with Gasteiger partial charge in [0.1, 0.15) is 0 Å². The molecule has 1 saturated heterocycles. The molecule has 0 aromatic carbocycles. The Bertz CT molecular complexity index is 388. The second kappa shape index (κ2) is 5.21. The molecule has 2 N–H and O–H groups in total. The number of carbonyl (C=O) groups excluding carboxylic acids is 1. The molecule has 1 atom stereocenters. The third-order valence-corrected chi connectivity index (χ3v) is 3.19. The molecule has 0 spiro atoms. The van der Waals surface area contributed by atoms with Crippen LogP contribution < -0.4 is 5.32 Å². The average Bonchev–Trinajstić information content (AvgIpc) is 2.77. The number of aryl methyl sites for hydroxylation is 1. The van der Waals surface area contributed by atoms with E-state index in [1.165, 1.54) is 6.42 Å². The van der Waals surface area contributed by atoms with Crippen LogP contribution in [-0.2, 0) is 6.42 Å². The number of anilines is 1. The van der Waals surface area contributed by atoms with Gasteiger partial charge in [0, 0.05) is 24.8 Å². The van der Waals surface area contributed by atoms with Gasteiger partial charge in [-0.05, 0) is 25.2 Å². The Kier molecular flexibility index (Phi) is 3.66. The van der Waals surface area contributed by atoms with E-state index in [0.29, 0.717) is 11.7 Å². The maximum absolute atomic E-state index is 12.0. The number of likely N-dealkylation sites (tertiary alicyclic amines) is 1. The van der Waals surface area contributed by atoms with Crippen LogP contribution in [0, 0.1) is 5.92 Å². The van der Waals surface area contributed by atoms with Crippen molar-refractivity contribution in [3.05, 3.63) is 11.8 Å². The van der Waals surface area contributed by atoms with Crippen LogP contribution >= 0.6 is 0 Å². The minimum absolute atomic E-state index is 0.0364. The van der Waals surface area contributed by atoms with Crippen LogP contribution in [0.1, 0.15) is 32.4 Å². The molecule has 2 rings (SSSR count). The van der Waals surface area contributed by atoms with Gasteiger partial charge in [-0.25, -0.2) is 4.79 Å². The topological polar surface area (TPSA) is 61.0 Å². The van der Waals surface area contributed by atoms with E-state index < -0.39 is 0 Å². The lowest BCUT2D eigenvalue weighted by Gasteiger charge is -2.30. The van der Waals surface area contributed by atoms with Gasteiger partial charge in [-0.3, -0.25) is 10.4 Å². The number of hydrogen-bond donors (Lipinski definition) is 2. The quantitative estimate of drug-likeness (QED) is 0.827. The molecule has 94 valence electrons. The van der Waals surface area contributed by atoms with Crippen molar-refractivity contribution >= 4 is 11.8 Å². The maximum Gasteiger partial charge on any atom is 0.323 e. The summed E-state index contributed by atoms with van der Waals surface area (Å²) in [5, 5.41) is 9.78. The Morgan fingerprint density at radius 3 is 3.18 bits per heavy atom. The third-order valence-electron chi connectivity index (χ3n) is 3.19. The van der Waals surface area contributed by atoms with Crippen LogP contribution in [0.5, 0.6) is 0 Å². The predicted octanol–water partition coefficient (Wildman–Crippen LogP) is 2.24. The van der Waals surface area contributed by atoms with E-state index in [2.05, 4.69) is 22.4 Å². The predicted molar refractivity (Wildman–Crippen MR) is 67.0 cm³/mol. The highest BCUT2D eigenvalue weighted by Gasteiger charge is 2.21. The van der Waals surface area contributed by atoms with E-state index >= 15 is 0 Å². The Balaban J connectivity index is 1.91. The Labute approximate surface area is 102 Å². The van der Waals surface area contributed by atoms with Gasteiger partial charge < -0.3 is 4.90 Å². The first kappa shape index (κ1) is 12.0. The highest BCUT2D eigenvalue weighted by molar-refractivity contribution is 5.88. The second-order valence-electron chi connectivity index (χ2n) is 4.76. The van der Waals surface area contributed by atoms with Crippen molar-refractivity contribution in [2.24, 2.45) is 5.92 Å². The van der Waals surface area contributed by atoms with Gasteiger partial charge in [0.05, 0.1) is 0 Å². The van der Waals surface area contributed by atoms with E-state index in [4.69, 9.17) is 0 Å². The Morgan fingerprint density at radius 2 is 2.53 bits per heavy atom. The van der Waals surface area contributed by atoms with E-state index in [1.54, 1.807) is 0 Å². The number of nitrogens with zero attached hydrogens (tertiary/aromatic N) is 2. The third kappa shape index (κ3) is 2.99. The number of aromatic nitrogens is 2. The SMILES string of the molecule is CCc1cc(NC(=O)N2CCCC(C)C2)n[nH]1. The molecule has 0 saturated carbocycles. The number of aromatic amines is 1. The summed E-state index contributed by atoms with van der Waals surface area (Å²) in [5.41, 5.74) is 1.03. The normalized spacial score (nSPS) is 20.4. The molecule has 1 aliphatic heterocycles. The van der Waals surface area contributed by atoms with Crippen molar-refractivity contribution in [3.63, 3.8) is 0 Å². The summed E-state index contributed by atoms with van der Waals surface area (Å²) in [5.74, 6) is 1.21. The lowest BCUT2D eigenvalue weighted by molar-refractivity contribution is 0.182. The smallest absolute Gasteiger partial charge is 0.323 e. The molecule has 17 heavy (non-hydrogen) atoms. The van der Waals surface area contributed by atoms with Gasteiger partial charge in [0.2, 0.25) is 0 Å². The second-order valence-corrected chi connectivity index (χ2v) is 4.76. The fourth-order valence-electron chi connectivity index (χ4n) is 2.17. The average molecular weight is 236 g/mol. The van der Waals surface area contributed by atoms with E-state index in [1.807, 2.05) is 17.9 Å². The number of amides is 2. The van der Waals surface area contributed by atoms with Gasteiger partial charge in [-0.1, -0.05) is 13.8 Å². The molecule has 1 aromatic rings. The van der Waals surface area contributed by atoms with Crippen LogP contribution in [-0.4, -0.2) is 34.2 Å². The van der Waals surface area contributed by atoms with Gasteiger partial charge in [0.15, 0.2) is 5.82 Å². The molecule has 1 aromatic heterocycles. The fourth-order valence-corrected chi connectivity index (χ4v) is 2.17. The molecule has 5 nitrogen and oxygen atoms in total. The van der Waals surface area contributed by atoms with Gasteiger partial charge in [0.25, 0.3) is 0 Å². The number of nitrogens with one attached hydrogen (secondary N) is 2. The zero-order valence-corrected chi connectivity index (χ0v) is 10.5. The highest BCUT2D eigenvalue weighted by atomic mass is 16.2. The number of carbonyl (C=O) groups is 1. The first-order valence-corrected chi connectivity index (χ1v) is 6.29. The fraction of sp³-hybridized carbons (Fsp3) is 0.667. The molecule has 0 radical (unpaired) electrons. The van der Waals surface area contributed by atoms with Gasteiger partial charge in [-0.15, -0.1) is 0 Å². The highest BCUT2D eigenvalue weighted by Crippen LogP contribution is 2.16. The molecule has 2 amide bonds. The number of rotatable bonds is 2. The lowest BCUT2D eigenvalue weighted by Crippen LogP contribution is -2.41. The van der Waals surface area contributed by atoms with E-state index in [9.17, 15) is 4.79 Å². The molecule has 0 bridgehead atoms. The molecule has 1 fully saturated rings. The van der Waals surface area contributed by atoms with Crippen molar-refractivity contribution < 1.29 is 4.79 Å². The monoisotopic (exact) mass is 236 g/mol. The van der Waals surface area contributed by atoms with Crippen molar-refractivity contribution in [3.8, 4) is 0 Å². The molecular weight excluding hydrogens is 216 g/mol. The molecule has 0 aliphatic carbocycles. The molecule has 5 heteroatoms. The van der Waals surface area contributed by atoms with E-state index in [0.717, 1.165) is 31.6 Å². The minimum Gasteiger partial charge on any atom is -0.324 e. The number of hydrogen-bond acceptors (Lipinski definition) is 2. The lowest BCUT2D eigenvalue weighted by atomic mass is 10.0. The molecule has 2 heterocycles. The van der Waals surface area contributed by atoms with E-state index in [-0.39, 0.29) is 6.03 Å². The molecule has 1 aliphatic rings.